The largest absolute Gasteiger partial charge is 0.493 e. The quantitative estimate of drug-likeness (QED) is 0.582. The highest BCUT2D eigenvalue weighted by Gasteiger charge is 2.34. The summed E-state index contributed by atoms with van der Waals surface area (Å²) in [6.45, 7) is 0.722. The lowest BCUT2D eigenvalue weighted by Gasteiger charge is -2.35. The zero-order valence-corrected chi connectivity index (χ0v) is 16.3. The Hall–Kier alpha value is -2.21. The second kappa shape index (κ2) is 8.45. The van der Waals surface area contributed by atoms with Crippen molar-refractivity contribution in [1.82, 2.24) is 0 Å². The highest BCUT2D eigenvalue weighted by atomic mass is 32.1. The molecule has 0 aliphatic heterocycles. The van der Waals surface area contributed by atoms with Crippen LogP contribution in [0, 0.1) is 0 Å². The van der Waals surface area contributed by atoms with Gasteiger partial charge in [-0.1, -0.05) is 25.3 Å². The van der Waals surface area contributed by atoms with Gasteiger partial charge >= 0.3 is 0 Å². The molecule has 0 amide bonds. The van der Waals surface area contributed by atoms with Crippen molar-refractivity contribution in [2.75, 3.05) is 26.1 Å². The van der Waals surface area contributed by atoms with Crippen LogP contribution in [-0.4, -0.2) is 26.7 Å². The van der Waals surface area contributed by atoms with Gasteiger partial charge in [0.2, 0.25) is 0 Å². The molecule has 0 atom stereocenters. The van der Waals surface area contributed by atoms with E-state index in [9.17, 15) is 0 Å². The average Bonchev–Trinajstić information content (AvgIpc) is 3.22. The SMILES string of the molecule is COc1ccc(NC(N)=NCC2(c3cccs3)CCCCC2)cc1OC. The number of anilines is 1. The summed E-state index contributed by atoms with van der Waals surface area (Å²) in [6.07, 6.45) is 6.20. The molecule has 0 bridgehead atoms. The van der Waals surface area contributed by atoms with Gasteiger partial charge in [-0.3, -0.25) is 4.99 Å². The number of rotatable bonds is 6. The molecule has 6 heteroatoms. The molecule has 1 aliphatic carbocycles. The summed E-state index contributed by atoms with van der Waals surface area (Å²) in [5.41, 5.74) is 7.13. The fraction of sp³-hybridized carbons (Fsp3) is 0.450. The Bertz CT molecular complexity index is 738. The highest BCUT2D eigenvalue weighted by molar-refractivity contribution is 7.10. The molecule has 1 saturated carbocycles. The van der Waals surface area contributed by atoms with Gasteiger partial charge in [-0.25, -0.2) is 0 Å². The summed E-state index contributed by atoms with van der Waals surface area (Å²) >= 11 is 1.83. The van der Waals surface area contributed by atoms with Crippen LogP contribution in [0.2, 0.25) is 0 Å². The lowest BCUT2D eigenvalue weighted by atomic mass is 9.73. The van der Waals surface area contributed by atoms with Crippen molar-refractivity contribution in [2.45, 2.75) is 37.5 Å². The van der Waals surface area contributed by atoms with E-state index in [4.69, 9.17) is 15.2 Å². The third-order valence-corrected chi connectivity index (χ3v) is 6.18. The molecule has 0 spiro atoms. The number of thiophene rings is 1. The zero-order valence-electron chi connectivity index (χ0n) is 15.5. The molecule has 1 heterocycles. The van der Waals surface area contributed by atoms with E-state index < -0.39 is 0 Å². The number of nitrogens with zero attached hydrogens (tertiary/aromatic N) is 1. The molecule has 0 saturated heterocycles. The number of nitrogens with two attached hydrogens (primary N) is 1. The first-order chi connectivity index (χ1) is 12.7. The molecule has 2 aromatic rings. The van der Waals surface area contributed by atoms with Crippen molar-refractivity contribution in [3.63, 3.8) is 0 Å². The molecule has 1 aromatic heterocycles. The smallest absolute Gasteiger partial charge is 0.193 e. The van der Waals surface area contributed by atoms with Crippen molar-refractivity contribution < 1.29 is 9.47 Å². The van der Waals surface area contributed by atoms with Gasteiger partial charge in [-0.2, -0.15) is 0 Å². The number of benzene rings is 1. The van der Waals surface area contributed by atoms with Crippen LogP contribution in [0.4, 0.5) is 5.69 Å². The molecular formula is C20H27N3O2S. The molecule has 5 nitrogen and oxygen atoms in total. The summed E-state index contributed by atoms with van der Waals surface area (Å²) in [6, 6.07) is 9.98. The van der Waals surface area contributed by atoms with E-state index in [1.54, 1.807) is 14.2 Å². The number of methoxy groups -OCH3 is 2. The maximum absolute atomic E-state index is 6.17. The molecule has 3 rings (SSSR count). The van der Waals surface area contributed by atoms with Gasteiger partial charge < -0.3 is 20.5 Å². The zero-order chi connectivity index (χ0) is 18.4. The summed E-state index contributed by atoms with van der Waals surface area (Å²) in [5.74, 6) is 1.78. The lowest BCUT2D eigenvalue weighted by Crippen LogP contribution is -2.33. The highest BCUT2D eigenvalue weighted by Crippen LogP contribution is 2.41. The maximum atomic E-state index is 6.17. The summed E-state index contributed by atoms with van der Waals surface area (Å²) in [4.78, 5) is 6.12. The van der Waals surface area contributed by atoms with Crippen LogP contribution >= 0.6 is 11.3 Å². The van der Waals surface area contributed by atoms with Gasteiger partial charge in [0, 0.05) is 22.0 Å². The van der Waals surface area contributed by atoms with Gasteiger partial charge in [0.1, 0.15) is 0 Å². The van der Waals surface area contributed by atoms with Gasteiger partial charge in [-0.15, -0.1) is 11.3 Å². The van der Waals surface area contributed by atoms with Crippen molar-refractivity contribution in [3.05, 3.63) is 40.6 Å². The fourth-order valence-corrected chi connectivity index (χ4v) is 4.61. The molecule has 3 N–H and O–H groups in total. The van der Waals surface area contributed by atoms with Gasteiger partial charge in [0.25, 0.3) is 0 Å². The average molecular weight is 374 g/mol. The minimum absolute atomic E-state index is 0.135. The Morgan fingerprint density at radius 3 is 2.58 bits per heavy atom. The number of nitrogens with one attached hydrogen (secondary N) is 1. The molecule has 1 fully saturated rings. The summed E-state index contributed by atoms with van der Waals surface area (Å²) < 4.78 is 10.6. The van der Waals surface area contributed by atoms with Crippen LogP contribution < -0.4 is 20.5 Å². The van der Waals surface area contributed by atoms with Crippen LogP contribution in [0.5, 0.6) is 11.5 Å². The summed E-state index contributed by atoms with van der Waals surface area (Å²) in [7, 11) is 3.24. The minimum Gasteiger partial charge on any atom is -0.493 e. The molecule has 1 aromatic carbocycles. The van der Waals surface area contributed by atoms with Crippen molar-refractivity contribution in [3.8, 4) is 11.5 Å². The Morgan fingerprint density at radius 2 is 1.92 bits per heavy atom. The standard InChI is InChI=1S/C20H27N3O2S/c1-24-16-9-8-15(13-17(16)25-2)23-19(21)22-14-20(10-4-3-5-11-20)18-7-6-12-26-18/h6-9,12-13H,3-5,10-11,14H2,1-2H3,(H3,21,22,23). The van der Waals surface area contributed by atoms with E-state index in [1.807, 2.05) is 29.5 Å². The second-order valence-electron chi connectivity index (χ2n) is 6.71. The van der Waals surface area contributed by atoms with Crippen LogP contribution in [0.25, 0.3) is 0 Å². The number of guanidine groups is 1. The fourth-order valence-electron chi connectivity index (χ4n) is 3.63. The van der Waals surface area contributed by atoms with Crippen LogP contribution in [0.3, 0.4) is 0 Å². The monoisotopic (exact) mass is 373 g/mol. The van der Waals surface area contributed by atoms with E-state index in [-0.39, 0.29) is 5.41 Å². The van der Waals surface area contributed by atoms with Crippen molar-refractivity contribution in [2.24, 2.45) is 10.7 Å². The lowest BCUT2D eigenvalue weighted by molar-refractivity contribution is 0.307. The third kappa shape index (κ3) is 4.12. The number of aliphatic imine (C=N–C) groups is 1. The van der Waals surface area contributed by atoms with E-state index in [1.165, 1.54) is 37.0 Å². The van der Waals surface area contributed by atoms with E-state index in [0.29, 0.717) is 17.5 Å². The Kier molecular flexibility index (Phi) is 6.04. The molecule has 0 unspecified atom stereocenters. The van der Waals surface area contributed by atoms with E-state index in [0.717, 1.165) is 12.2 Å². The van der Waals surface area contributed by atoms with Crippen LogP contribution in [0.1, 0.15) is 37.0 Å². The Morgan fingerprint density at radius 1 is 1.15 bits per heavy atom. The molecule has 140 valence electrons. The Labute approximate surface area is 159 Å². The summed E-state index contributed by atoms with van der Waals surface area (Å²) in [5, 5.41) is 5.32. The predicted octanol–water partition coefficient (Wildman–Crippen LogP) is 4.39. The van der Waals surface area contributed by atoms with Crippen molar-refractivity contribution >= 4 is 23.0 Å². The molecule has 26 heavy (non-hydrogen) atoms. The first kappa shape index (κ1) is 18.6. The number of ether oxygens (including phenoxy) is 2. The molecular weight excluding hydrogens is 346 g/mol. The van der Waals surface area contributed by atoms with Gasteiger partial charge in [0.15, 0.2) is 17.5 Å². The topological polar surface area (TPSA) is 68.9 Å². The van der Waals surface area contributed by atoms with Crippen LogP contribution in [-0.2, 0) is 5.41 Å². The van der Waals surface area contributed by atoms with Gasteiger partial charge in [-0.05, 0) is 36.4 Å². The number of hydrogen-bond acceptors (Lipinski definition) is 4. The normalized spacial score (nSPS) is 16.9. The first-order valence-corrected chi connectivity index (χ1v) is 9.88. The van der Waals surface area contributed by atoms with E-state index in [2.05, 4.69) is 27.8 Å². The molecule has 0 radical (unpaired) electrons. The van der Waals surface area contributed by atoms with Gasteiger partial charge in [0.05, 0.1) is 20.8 Å². The minimum atomic E-state index is 0.135. The van der Waals surface area contributed by atoms with E-state index >= 15 is 0 Å². The first-order valence-electron chi connectivity index (χ1n) is 9.00. The predicted molar refractivity (Wildman–Crippen MR) is 109 cm³/mol. The maximum Gasteiger partial charge on any atom is 0.193 e. The van der Waals surface area contributed by atoms with Crippen LogP contribution in [0.15, 0.2) is 40.7 Å². The Balaban J connectivity index is 1.72. The second-order valence-corrected chi connectivity index (χ2v) is 7.66. The molecule has 1 aliphatic rings. The third-order valence-electron chi connectivity index (χ3n) is 5.06. The van der Waals surface area contributed by atoms with Crippen molar-refractivity contribution in [1.29, 1.82) is 0 Å². The number of hydrogen-bond donors (Lipinski definition) is 2.